The number of hydrogen-bond acceptors (Lipinski definition) is 3. The molecule has 0 unspecified atom stereocenters. The molecule has 7 nitrogen and oxygen atoms in total. The van der Waals surface area contributed by atoms with E-state index in [2.05, 4.69) is 87.2 Å². The Labute approximate surface area is 220 Å². The standard InChI is InChI=1S/C29H29ClN6O/c1-3-4-10-25-32-27(30)26(29(37)31-2)36(25)18-19-11-13-21(14-12-19)24-17-22(20-8-6-5-7-9-20)15-16-23(24)28-33-35-34-28/h5-9,11-17,35H,3-4,10,18H2,1-2H3,(H,31,37)(H,33,34). The summed E-state index contributed by atoms with van der Waals surface area (Å²) in [6.07, 6.45) is 2.78. The number of nitrogens with zero attached hydrogens (tertiary/aromatic N) is 3. The van der Waals surface area contributed by atoms with E-state index in [-0.39, 0.29) is 11.1 Å². The van der Waals surface area contributed by atoms with E-state index in [1.807, 2.05) is 22.8 Å². The predicted octanol–water partition coefficient (Wildman–Crippen LogP) is 6.34. The maximum atomic E-state index is 12.6. The highest BCUT2D eigenvalue weighted by molar-refractivity contribution is 6.32. The minimum atomic E-state index is -0.235. The summed E-state index contributed by atoms with van der Waals surface area (Å²) in [5.41, 5.74) is 6.94. The second-order valence-corrected chi connectivity index (χ2v) is 9.31. The number of unbranched alkanes of at least 4 members (excludes halogenated alkanes) is 1. The van der Waals surface area contributed by atoms with Crippen molar-refractivity contribution in [3.05, 3.63) is 95.0 Å². The SMILES string of the molecule is CCCCc1nc(Cl)c(C(=O)NC)n1Cc1ccc(-c2cc(-c3ccccc3)ccc2-c2n[nH][nH]2)cc1. The Kier molecular flexibility index (Phi) is 7.23. The Hall–Kier alpha value is -4.10. The molecule has 0 aliphatic rings. The van der Waals surface area contributed by atoms with Gasteiger partial charge in [0.25, 0.3) is 5.91 Å². The highest BCUT2D eigenvalue weighted by Crippen LogP contribution is 2.34. The third kappa shape index (κ3) is 5.08. The van der Waals surface area contributed by atoms with Crippen LogP contribution in [-0.4, -0.2) is 37.9 Å². The summed E-state index contributed by atoms with van der Waals surface area (Å²) in [5.74, 6) is 1.40. The molecule has 5 aromatic rings. The van der Waals surface area contributed by atoms with Crippen LogP contribution in [0.15, 0.2) is 72.8 Å². The smallest absolute Gasteiger partial charge is 0.270 e. The van der Waals surface area contributed by atoms with Crippen LogP contribution in [0.1, 0.15) is 41.6 Å². The number of halogens is 1. The average Bonchev–Trinajstić information content (AvgIpc) is 3.21. The van der Waals surface area contributed by atoms with E-state index < -0.39 is 0 Å². The summed E-state index contributed by atoms with van der Waals surface area (Å²) in [5, 5.41) is 13.0. The summed E-state index contributed by atoms with van der Waals surface area (Å²) >= 11 is 6.39. The van der Waals surface area contributed by atoms with Gasteiger partial charge in [0.1, 0.15) is 11.5 Å². The first-order valence-electron chi connectivity index (χ1n) is 12.4. The molecule has 188 valence electrons. The van der Waals surface area contributed by atoms with Crippen LogP contribution in [0.2, 0.25) is 5.15 Å². The molecule has 0 spiro atoms. The number of aromatic amines is 2. The number of rotatable bonds is 9. The van der Waals surface area contributed by atoms with Crippen LogP contribution in [0.25, 0.3) is 33.6 Å². The van der Waals surface area contributed by atoms with Crippen LogP contribution in [0, 0.1) is 0 Å². The number of imidazole rings is 1. The van der Waals surface area contributed by atoms with Crippen molar-refractivity contribution in [2.75, 3.05) is 7.05 Å². The maximum Gasteiger partial charge on any atom is 0.270 e. The third-order valence-electron chi connectivity index (χ3n) is 6.53. The molecule has 2 heterocycles. The van der Waals surface area contributed by atoms with Crippen molar-refractivity contribution in [2.45, 2.75) is 32.7 Å². The lowest BCUT2D eigenvalue weighted by molar-refractivity contribution is 0.0954. The largest absolute Gasteiger partial charge is 0.354 e. The fourth-order valence-corrected chi connectivity index (χ4v) is 4.79. The van der Waals surface area contributed by atoms with E-state index in [0.717, 1.165) is 64.3 Å². The zero-order valence-electron chi connectivity index (χ0n) is 20.9. The maximum absolute atomic E-state index is 12.6. The molecule has 8 heteroatoms. The fraction of sp³-hybridized carbons (Fsp3) is 0.207. The van der Waals surface area contributed by atoms with Gasteiger partial charge in [-0.2, -0.15) is 0 Å². The van der Waals surface area contributed by atoms with Crippen LogP contribution < -0.4 is 5.32 Å². The first-order chi connectivity index (χ1) is 18.1. The van der Waals surface area contributed by atoms with E-state index in [9.17, 15) is 4.79 Å². The summed E-state index contributed by atoms with van der Waals surface area (Å²) in [4.78, 5) is 17.1. The summed E-state index contributed by atoms with van der Waals surface area (Å²) in [6.45, 7) is 2.64. The van der Waals surface area contributed by atoms with Crippen LogP contribution >= 0.6 is 11.6 Å². The molecule has 0 saturated heterocycles. The van der Waals surface area contributed by atoms with Crippen molar-refractivity contribution < 1.29 is 4.79 Å². The molecule has 3 N–H and O–H groups in total. The predicted molar refractivity (Wildman–Crippen MR) is 148 cm³/mol. The Balaban J connectivity index is 1.50. The number of carbonyl (C=O) groups is 1. The number of benzene rings is 3. The molecule has 3 aromatic carbocycles. The van der Waals surface area contributed by atoms with Crippen molar-refractivity contribution in [1.82, 2.24) is 30.3 Å². The number of aromatic nitrogens is 5. The van der Waals surface area contributed by atoms with Crippen molar-refractivity contribution in [3.8, 4) is 33.6 Å². The van der Waals surface area contributed by atoms with Gasteiger partial charge in [0, 0.05) is 25.6 Å². The van der Waals surface area contributed by atoms with Gasteiger partial charge >= 0.3 is 0 Å². The monoisotopic (exact) mass is 512 g/mol. The molecule has 2 aromatic heterocycles. The summed E-state index contributed by atoms with van der Waals surface area (Å²) in [6, 6.07) is 25.1. The van der Waals surface area contributed by atoms with Crippen molar-refractivity contribution in [1.29, 1.82) is 0 Å². The third-order valence-corrected chi connectivity index (χ3v) is 6.79. The van der Waals surface area contributed by atoms with E-state index in [1.54, 1.807) is 7.05 Å². The number of aryl methyl sites for hydroxylation is 1. The fourth-order valence-electron chi connectivity index (χ4n) is 4.51. The van der Waals surface area contributed by atoms with Crippen LogP contribution in [0.5, 0.6) is 0 Å². The normalized spacial score (nSPS) is 11.1. The highest BCUT2D eigenvalue weighted by atomic mass is 35.5. The van der Waals surface area contributed by atoms with Gasteiger partial charge in [0.15, 0.2) is 11.0 Å². The van der Waals surface area contributed by atoms with Gasteiger partial charge in [0.2, 0.25) is 0 Å². The Morgan fingerprint density at radius 2 is 1.70 bits per heavy atom. The summed E-state index contributed by atoms with van der Waals surface area (Å²) in [7, 11) is 1.61. The quantitative estimate of drug-likeness (QED) is 0.215. The van der Waals surface area contributed by atoms with Crippen LogP contribution in [0.4, 0.5) is 0 Å². The van der Waals surface area contributed by atoms with Crippen molar-refractivity contribution in [3.63, 3.8) is 0 Å². The molecule has 1 amide bonds. The molecule has 0 aliphatic heterocycles. The van der Waals surface area contributed by atoms with Crippen molar-refractivity contribution >= 4 is 17.5 Å². The highest BCUT2D eigenvalue weighted by Gasteiger charge is 2.21. The van der Waals surface area contributed by atoms with Gasteiger partial charge < -0.3 is 9.88 Å². The molecule has 0 bridgehead atoms. The zero-order chi connectivity index (χ0) is 25.8. The number of H-pyrrole nitrogens is 2. The minimum Gasteiger partial charge on any atom is -0.354 e. The Morgan fingerprint density at radius 1 is 0.973 bits per heavy atom. The molecule has 0 radical (unpaired) electrons. The number of amides is 1. The van der Waals surface area contributed by atoms with Gasteiger partial charge in [0.05, 0.1) is 0 Å². The summed E-state index contributed by atoms with van der Waals surface area (Å²) < 4.78 is 1.94. The number of carbonyl (C=O) groups excluding carboxylic acids is 1. The molecule has 0 aliphatic carbocycles. The second-order valence-electron chi connectivity index (χ2n) is 8.96. The average molecular weight is 513 g/mol. The van der Waals surface area contributed by atoms with Gasteiger partial charge in [-0.15, -0.1) is 5.10 Å². The van der Waals surface area contributed by atoms with Gasteiger partial charge in [-0.05, 0) is 46.4 Å². The second kappa shape index (κ2) is 10.9. The van der Waals surface area contributed by atoms with Gasteiger partial charge in [-0.3, -0.25) is 9.89 Å². The van der Waals surface area contributed by atoms with Gasteiger partial charge in [-0.1, -0.05) is 85.6 Å². The number of nitrogens with one attached hydrogen (secondary N) is 3. The molecule has 5 rings (SSSR count). The zero-order valence-corrected chi connectivity index (χ0v) is 21.6. The lowest BCUT2D eigenvalue weighted by Crippen LogP contribution is -2.23. The van der Waals surface area contributed by atoms with Gasteiger partial charge in [-0.25, -0.2) is 10.2 Å². The Bertz CT molecular complexity index is 1490. The topological polar surface area (TPSA) is 91.4 Å². The molecule has 0 fully saturated rings. The first-order valence-corrected chi connectivity index (χ1v) is 12.8. The Morgan fingerprint density at radius 3 is 2.35 bits per heavy atom. The van der Waals surface area contributed by atoms with E-state index in [4.69, 9.17) is 11.6 Å². The first kappa shape index (κ1) is 24.6. The molecule has 37 heavy (non-hydrogen) atoms. The van der Waals surface area contributed by atoms with Crippen LogP contribution in [0.3, 0.4) is 0 Å². The van der Waals surface area contributed by atoms with E-state index in [0.29, 0.717) is 12.2 Å². The molecular formula is C29H29ClN6O. The van der Waals surface area contributed by atoms with E-state index in [1.165, 1.54) is 0 Å². The lowest BCUT2D eigenvalue weighted by atomic mass is 9.93. The number of hydrogen-bond donors (Lipinski definition) is 3. The minimum absolute atomic E-state index is 0.235. The van der Waals surface area contributed by atoms with E-state index >= 15 is 0 Å². The molecular weight excluding hydrogens is 484 g/mol. The molecule has 0 atom stereocenters. The van der Waals surface area contributed by atoms with Crippen LogP contribution in [-0.2, 0) is 13.0 Å². The lowest BCUT2D eigenvalue weighted by Gasteiger charge is -2.15. The van der Waals surface area contributed by atoms with Crippen molar-refractivity contribution in [2.24, 2.45) is 0 Å². The molecule has 0 saturated carbocycles.